The minimum Gasteiger partial charge on any atom is -0.373 e. The molecule has 23 heavy (non-hydrogen) atoms. The standard InChI is InChI=1S/C19H28N2O2/c1-14-7-4-5-9-18(14)19(22)21-10-6-8-17(21)13-20-11-15(2)23-16(3)12-20/h4-5,7,9,15-17H,6,8,10-13H2,1-3H3/t15-,16-,17+/m0/s1. The van der Waals surface area contributed by atoms with Crippen LogP contribution in [0.25, 0.3) is 0 Å². The van der Waals surface area contributed by atoms with Gasteiger partial charge in [0.05, 0.1) is 12.2 Å². The van der Waals surface area contributed by atoms with E-state index >= 15 is 0 Å². The minimum atomic E-state index is 0.194. The first-order valence-corrected chi connectivity index (χ1v) is 8.79. The summed E-state index contributed by atoms with van der Waals surface area (Å²) < 4.78 is 5.82. The lowest BCUT2D eigenvalue weighted by Gasteiger charge is -2.38. The number of nitrogens with zero attached hydrogens (tertiary/aromatic N) is 2. The summed E-state index contributed by atoms with van der Waals surface area (Å²) in [6, 6.07) is 8.25. The molecule has 2 aliphatic heterocycles. The zero-order valence-electron chi connectivity index (χ0n) is 14.5. The fourth-order valence-corrected chi connectivity index (χ4v) is 3.99. The molecule has 2 heterocycles. The number of carbonyl (C=O) groups is 1. The normalized spacial score (nSPS) is 29.0. The van der Waals surface area contributed by atoms with Gasteiger partial charge in [0.15, 0.2) is 0 Å². The average molecular weight is 316 g/mol. The van der Waals surface area contributed by atoms with Crippen LogP contribution in [0.15, 0.2) is 24.3 Å². The monoisotopic (exact) mass is 316 g/mol. The maximum absolute atomic E-state index is 12.9. The number of hydrogen-bond donors (Lipinski definition) is 0. The molecule has 3 rings (SSSR count). The van der Waals surface area contributed by atoms with Gasteiger partial charge in [0.2, 0.25) is 0 Å². The number of benzene rings is 1. The van der Waals surface area contributed by atoms with Crippen molar-refractivity contribution in [3.8, 4) is 0 Å². The van der Waals surface area contributed by atoms with Crippen molar-refractivity contribution in [1.82, 2.24) is 9.80 Å². The van der Waals surface area contributed by atoms with Gasteiger partial charge in [-0.25, -0.2) is 0 Å². The Balaban J connectivity index is 1.68. The van der Waals surface area contributed by atoms with Gasteiger partial charge in [0, 0.05) is 37.8 Å². The molecule has 4 heteroatoms. The fraction of sp³-hybridized carbons (Fsp3) is 0.632. The smallest absolute Gasteiger partial charge is 0.254 e. The van der Waals surface area contributed by atoms with Crippen LogP contribution in [-0.2, 0) is 4.74 Å². The lowest BCUT2D eigenvalue weighted by atomic mass is 10.1. The second kappa shape index (κ2) is 7.02. The van der Waals surface area contributed by atoms with Gasteiger partial charge < -0.3 is 9.64 Å². The van der Waals surface area contributed by atoms with Gasteiger partial charge in [-0.3, -0.25) is 9.69 Å². The van der Waals surface area contributed by atoms with Crippen LogP contribution < -0.4 is 0 Å². The van der Waals surface area contributed by atoms with Crippen molar-refractivity contribution in [1.29, 1.82) is 0 Å². The van der Waals surface area contributed by atoms with Crippen LogP contribution in [0.2, 0.25) is 0 Å². The first kappa shape index (κ1) is 16.5. The lowest BCUT2D eigenvalue weighted by Crippen LogP contribution is -2.51. The molecule has 1 aromatic rings. The molecule has 1 aromatic carbocycles. The number of ether oxygens (including phenoxy) is 1. The lowest BCUT2D eigenvalue weighted by molar-refractivity contribution is -0.0715. The first-order valence-electron chi connectivity index (χ1n) is 8.79. The van der Waals surface area contributed by atoms with Crippen molar-refractivity contribution in [2.75, 3.05) is 26.2 Å². The van der Waals surface area contributed by atoms with E-state index in [1.807, 2.05) is 31.2 Å². The van der Waals surface area contributed by atoms with Crippen LogP contribution in [0.4, 0.5) is 0 Å². The third-order valence-corrected chi connectivity index (χ3v) is 4.98. The maximum Gasteiger partial charge on any atom is 0.254 e. The molecule has 3 atom stereocenters. The third kappa shape index (κ3) is 3.75. The molecule has 2 aliphatic rings. The van der Waals surface area contributed by atoms with Crippen LogP contribution in [0.3, 0.4) is 0 Å². The SMILES string of the molecule is Cc1ccccc1C(=O)N1CCC[C@@H]1CN1C[C@H](C)O[C@@H](C)C1. The second-order valence-corrected chi connectivity index (χ2v) is 7.09. The molecule has 0 radical (unpaired) electrons. The quantitative estimate of drug-likeness (QED) is 0.859. The van der Waals surface area contributed by atoms with Crippen molar-refractivity contribution >= 4 is 5.91 Å². The number of likely N-dealkylation sites (tertiary alicyclic amines) is 1. The molecule has 0 saturated carbocycles. The molecule has 2 fully saturated rings. The van der Waals surface area contributed by atoms with Gasteiger partial charge in [0.25, 0.3) is 5.91 Å². The highest BCUT2D eigenvalue weighted by Crippen LogP contribution is 2.23. The molecular weight excluding hydrogens is 288 g/mol. The van der Waals surface area contributed by atoms with Crippen LogP contribution >= 0.6 is 0 Å². The Hall–Kier alpha value is -1.39. The molecule has 1 amide bonds. The maximum atomic E-state index is 12.9. The highest BCUT2D eigenvalue weighted by Gasteiger charge is 2.33. The Morgan fingerprint density at radius 3 is 2.61 bits per heavy atom. The van der Waals surface area contributed by atoms with Crippen molar-refractivity contribution < 1.29 is 9.53 Å². The Morgan fingerprint density at radius 1 is 1.22 bits per heavy atom. The summed E-state index contributed by atoms with van der Waals surface area (Å²) in [6.45, 7) is 10.1. The second-order valence-electron chi connectivity index (χ2n) is 7.09. The number of rotatable bonds is 3. The largest absolute Gasteiger partial charge is 0.373 e. The van der Waals surface area contributed by atoms with E-state index in [2.05, 4.69) is 23.6 Å². The molecular formula is C19H28N2O2. The van der Waals surface area contributed by atoms with E-state index in [9.17, 15) is 4.79 Å². The number of morpholine rings is 1. The Bertz CT molecular complexity index is 550. The molecule has 126 valence electrons. The molecule has 0 aliphatic carbocycles. The van der Waals surface area contributed by atoms with E-state index in [-0.39, 0.29) is 18.1 Å². The van der Waals surface area contributed by atoms with Gasteiger partial charge in [0.1, 0.15) is 0 Å². The summed E-state index contributed by atoms with van der Waals surface area (Å²) in [5, 5.41) is 0. The van der Waals surface area contributed by atoms with Crippen LogP contribution in [-0.4, -0.2) is 60.1 Å². The summed E-state index contributed by atoms with van der Waals surface area (Å²) in [4.78, 5) is 17.5. The highest BCUT2D eigenvalue weighted by molar-refractivity contribution is 5.96. The summed E-state index contributed by atoms with van der Waals surface area (Å²) in [5.74, 6) is 0.194. The van der Waals surface area contributed by atoms with Gasteiger partial charge in [-0.05, 0) is 45.2 Å². The molecule has 4 nitrogen and oxygen atoms in total. The van der Waals surface area contributed by atoms with Crippen molar-refractivity contribution in [3.63, 3.8) is 0 Å². The van der Waals surface area contributed by atoms with Crippen molar-refractivity contribution in [2.24, 2.45) is 0 Å². The van der Waals surface area contributed by atoms with E-state index in [1.165, 1.54) is 0 Å². The number of aryl methyl sites for hydroxylation is 1. The number of carbonyl (C=O) groups excluding carboxylic acids is 1. The third-order valence-electron chi connectivity index (χ3n) is 4.98. The molecule has 0 N–H and O–H groups in total. The summed E-state index contributed by atoms with van der Waals surface area (Å²) >= 11 is 0. The first-order chi connectivity index (χ1) is 11.0. The van der Waals surface area contributed by atoms with Gasteiger partial charge in [-0.2, -0.15) is 0 Å². The Labute approximate surface area is 139 Å². The average Bonchev–Trinajstić information content (AvgIpc) is 2.94. The van der Waals surface area contributed by atoms with E-state index in [4.69, 9.17) is 4.74 Å². The molecule has 0 spiro atoms. The van der Waals surface area contributed by atoms with Crippen molar-refractivity contribution in [2.45, 2.75) is 51.9 Å². The Morgan fingerprint density at radius 2 is 1.91 bits per heavy atom. The van der Waals surface area contributed by atoms with Crippen LogP contribution in [0.5, 0.6) is 0 Å². The summed E-state index contributed by atoms with van der Waals surface area (Å²) in [6.07, 6.45) is 2.77. The molecule has 0 bridgehead atoms. The zero-order chi connectivity index (χ0) is 16.4. The van der Waals surface area contributed by atoms with E-state index in [1.54, 1.807) is 0 Å². The van der Waals surface area contributed by atoms with Gasteiger partial charge >= 0.3 is 0 Å². The fourth-order valence-electron chi connectivity index (χ4n) is 3.99. The summed E-state index contributed by atoms with van der Waals surface area (Å²) in [7, 11) is 0. The highest BCUT2D eigenvalue weighted by atomic mass is 16.5. The topological polar surface area (TPSA) is 32.8 Å². The number of hydrogen-bond acceptors (Lipinski definition) is 3. The van der Waals surface area contributed by atoms with Crippen LogP contribution in [0, 0.1) is 6.92 Å². The Kier molecular flexibility index (Phi) is 5.02. The minimum absolute atomic E-state index is 0.194. The van der Waals surface area contributed by atoms with E-state index in [0.717, 1.165) is 50.1 Å². The van der Waals surface area contributed by atoms with Crippen LogP contribution in [0.1, 0.15) is 42.6 Å². The van der Waals surface area contributed by atoms with Gasteiger partial charge in [-0.15, -0.1) is 0 Å². The molecule has 0 unspecified atom stereocenters. The van der Waals surface area contributed by atoms with Crippen molar-refractivity contribution in [3.05, 3.63) is 35.4 Å². The zero-order valence-corrected chi connectivity index (χ0v) is 14.5. The van der Waals surface area contributed by atoms with E-state index in [0.29, 0.717) is 6.04 Å². The predicted molar refractivity (Wildman–Crippen MR) is 91.7 cm³/mol. The number of amides is 1. The molecule has 2 saturated heterocycles. The van der Waals surface area contributed by atoms with Gasteiger partial charge in [-0.1, -0.05) is 18.2 Å². The molecule has 0 aromatic heterocycles. The summed E-state index contributed by atoms with van der Waals surface area (Å²) in [5.41, 5.74) is 1.92. The predicted octanol–water partition coefficient (Wildman–Crippen LogP) is 2.71. The van der Waals surface area contributed by atoms with E-state index < -0.39 is 0 Å².